The summed E-state index contributed by atoms with van der Waals surface area (Å²) in [6.45, 7) is 9.45. The Hall–Kier alpha value is -0.610. The maximum atomic E-state index is 12.6. The summed E-state index contributed by atoms with van der Waals surface area (Å²) in [5.41, 5.74) is -1.22. The third kappa shape index (κ3) is 3.42. The second-order valence-corrected chi connectivity index (χ2v) is 5.60. The number of hydrogen-bond acceptors (Lipinski definition) is 3. The summed E-state index contributed by atoms with van der Waals surface area (Å²) in [7, 11) is 0. The summed E-state index contributed by atoms with van der Waals surface area (Å²) in [5.74, 6) is 0.141. The quantitative estimate of drug-likeness (QED) is 0.760. The summed E-state index contributed by atoms with van der Waals surface area (Å²) >= 11 is 0. The van der Waals surface area contributed by atoms with E-state index in [-0.39, 0.29) is 11.4 Å². The SMILES string of the molecule is CCN(CC(C)(C)O)C(=O)C1(CC)CCCN1. The normalized spacial score (nSPS) is 25.0. The standard InChI is InChI=1S/C13H26N2O2/c1-5-13(8-7-9-14-13)11(16)15(6-2)10-12(3,4)17/h14,17H,5-10H2,1-4H3. The largest absolute Gasteiger partial charge is 0.389 e. The summed E-state index contributed by atoms with van der Waals surface area (Å²) in [6, 6.07) is 0. The predicted octanol–water partition coefficient (Wildman–Crippen LogP) is 1.14. The maximum absolute atomic E-state index is 12.6. The molecule has 1 aliphatic rings. The van der Waals surface area contributed by atoms with Gasteiger partial charge in [0.25, 0.3) is 0 Å². The van der Waals surface area contributed by atoms with Crippen LogP contribution in [0.1, 0.15) is 47.0 Å². The summed E-state index contributed by atoms with van der Waals surface area (Å²) < 4.78 is 0. The zero-order chi connectivity index (χ0) is 13.1. The zero-order valence-corrected chi connectivity index (χ0v) is 11.5. The number of aliphatic hydroxyl groups is 1. The Kier molecular flexibility index (Phi) is 4.55. The van der Waals surface area contributed by atoms with Gasteiger partial charge in [-0.2, -0.15) is 0 Å². The lowest BCUT2D eigenvalue weighted by Gasteiger charge is -2.36. The number of rotatable bonds is 5. The van der Waals surface area contributed by atoms with Crippen LogP contribution >= 0.6 is 0 Å². The van der Waals surface area contributed by atoms with E-state index in [1.165, 1.54) is 0 Å². The molecule has 0 aromatic heterocycles. The number of nitrogens with one attached hydrogen (secondary N) is 1. The van der Waals surface area contributed by atoms with Crippen LogP contribution < -0.4 is 5.32 Å². The van der Waals surface area contributed by atoms with Gasteiger partial charge in [0.1, 0.15) is 0 Å². The lowest BCUT2D eigenvalue weighted by Crippen LogP contribution is -2.56. The molecule has 2 N–H and O–H groups in total. The Morgan fingerprint density at radius 1 is 1.47 bits per heavy atom. The molecule has 1 saturated heterocycles. The number of likely N-dealkylation sites (N-methyl/N-ethyl adjacent to an activating group) is 1. The number of carbonyl (C=O) groups excluding carboxylic acids is 1. The molecule has 0 aliphatic carbocycles. The van der Waals surface area contributed by atoms with E-state index in [0.29, 0.717) is 13.1 Å². The summed E-state index contributed by atoms with van der Waals surface area (Å²) in [6.07, 6.45) is 2.78. The molecule has 0 spiro atoms. The first-order valence-electron chi connectivity index (χ1n) is 6.61. The van der Waals surface area contributed by atoms with E-state index in [9.17, 15) is 9.90 Å². The topological polar surface area (TPSA) is 52.6 Å². The zero-order valence-electron chi connectivity index (χ0n) is 11.5. The molecular formula is C13H26N2O2. The average molecular weight is 242 g/mol. The van der Waals surface area contributed by atoms with Gasteiger partial charge in [-0.15, -0.1) is 0 Å². The van der Waals surface area contributed by atoms with Gasteiger partial charge in [0.2, 0.25) is 5.91 Å². The van der Waals surface area contributed by atoms with Crippen LogP contribution in [0.5, 0.6) is 0 Å². The van der Waals surface area contributed by atoms with Crippen LogP contribution in [-0.2, 0) is 4.79 Å². The second-order valence-electron chi connectivity index (χ2n) is 5.60. The average Bonchev–Trinajstić information content (AvgIpc) is 2.73. The van der Waals surface area contributed by atoms with E-state index < -0.39 is 5.60 Å². The molecule has 0 aromatic rings. The highest BCUT2D eigenvalue weighted by Crippen LogP contribution is 2.26. The molecule has 1 aliphatic heterocycles. The molecular weight excluding hydrogens is 216 g/mol. The molecule has 1 unspecified atom stereocenters. The van der Waals surface area contributed by atoms with E-state index in [1.54, 1.807) is 18.7 Å². The van der Waals surface area contributed by atoms with Crippen LogP contribution in [-0.4, -0.2) is 46.7 Å². The first-order chi connectivity index (χ1) is 7.84. The third-order valence-corrected chi connectivity index (χ3v) is 3.50. The van der Waals surface area contributed by atoms with E-state index in [2.05, 4.69) is 5.32 Å². The summed E-state index contributed by atoms with van der Waals surface area (Å²) in [5, 5.41) is 13.2. The Bertz CT molecular complexity index is 265. The highest BCUT2D eigenvalue weighted by Gasteiger charge is 2.42. The highest BCUT2D eigenvalue weighted by atomic mass is 16.3. The minimum absolute atomic E-state index is 0.141. The van der Waals surface area contributed by atoms with Crippen molar-refractivity contribution in [1.29, 1.82) is 0 Å². The van der Waals surface area contributed by atoms with Crippen LogP contribution in [0.15, 0.2) is 0 Å². The number of amides is 1. The molecule has 1 heterocycles. The molecule has 0 bridgehead atoms. The van der Waals surface area contributed by atoms with Gasteiger partial charge < -0.3 is 15.3 Å². The van der Waals surface area contributed by atoms with Gasteiger partial charge >= 0.3 is 0 Å². The van der Waals surface area contributed by atoms with Crippen molar-refractivity contribution in [3.8, 4) is 0 Å². The van der Waals surface area contributed by atoms with Crippen molar-refractivity contribution in [3.05, 3.63) is 0 Å². The molecule has 0 radical (unpaired) electrons. The summed E-state index contributed by atoms with van der Waals surface area (Å²) in [4.78, 5) is 14.3. The lowest BCUT2D eigenvalue weighted by molar-refractivity contribution is -0.140. The van der Waals surface area contributed by atoms with Gasteiger partial charge in [0.15, 0.2) is 0 Å². The van der Waals surface area contributed by atoms with Crippen LogP contribution in [0, 0.1) is 0 Å². The molecule has 4 nitrogen and oxygen atoms in total. The Morgan fingerprint density at radius 2 is 2.12 bits per heavy atom. The van der Waals surface area contributed by atoms with Crippen molar-refractivity contribution in [2.24, 2.45) is 0 Å². The first-order valence-corrected chi connectivity index (χ1v) is 6.61. The van der Waals surface area contributed by atoms with Crippen molar-refractivity contribution in [2.75, 3.05) is 19.6 Å². The van der Waals surface area contributed by atoms with E-state index >= 15 is 0 Å². The van der Waals surface area contributed by atoms with Crippen molar-refractivity contribution in [2.45, 2.75) is 58.1 Å². The van der Waals surface area contributed by atoms with E-state index in [1.807, 2.05) is 13.8 Å². The highest BCUT2D eigenvalue weighted by molar-refractivity contribution is 5.86. The molecule has 1 fully saturated rings. The van der Waals surface area contributed by atoms with Gasteiger partial charge in [0.05, 0.1) is 11.1 Å². The Labute approximate surface area is 104 Å². The molecule has 1 rings (SSSR count). The van der Waals surface area contributed by atoms with E-state index in [0.717, 1.165) is 25.8 Å². The minimum atomic E-state index is -0.834. The van der Waals surface area contributed by atoms with Crippen molar-refractivity contribution < 1.29 is 9.90 Å². The monoisotopic (exact) mass is 242 g/mol. The predicted molar refractivity (Wildman–Crippen MR) is 68.8 cm³/mol. The Morgan fingerprint density at radius 3 is 2.47 bits per heavy atom. The fraction of sp³-hybridized carbons (Fsp3) is 0.923. The molecule has 1 atom stereocenters. The van der Waals surface area contributed by atoms with Gasteiger partial charge in [-0.05, 0) is 46.6 Å². The number of hydrogen-bond donors (Lipinski definition) is 2. The van der Waals surface area contributed by atoms with Gasteiger partial charge in [-0.25, -0.2) is 0 Å². The van der Waals surface area contributed by atoms with Crippen LogP contribution in [0.2, 0.25) is 0 Å². The van der Waals surface area contributed by atoms with Gasteiger partial charge in [-0.3, -0.25) is 4.79 Å². The van der Waals surface area contributed by atoms with Crippen LogP contribution in [0.25, 0.3) is 0 Å². The smallest absolute Gasteiger partial charge is 0.242 e. The number of carbonyl (C=O) groups is 1. The van der Waals surface area contributed by atoms with Crippen molar-refractivity contribution in [3.63, 3.8) is 0 Å². The molecule has 4 heteroatoms. The fourth-order valence-corrected chi connectivity index (χ4v) is 2.54. The van der Waals surface area contributed by atoms with Crippen LogP contribution in [0.3, 0.4) is 0 Å². The molecule has 0 aromatic carbocycles. The van der Waals surface area contributed by atoms with E-state index in [4.69, 9.17) is 0 Å². The number of nitrogens with zero attached hydrogens (tertiary/aromatic N) is 1. The fourth-order valence-electron chi connectivity index (χ4n) is 2.54. The molecule has 17 heavy (non-hydrogen) atoms. The second kappa shape index (κ2) is 5.36. The van der Waals surface area contributed by atoms with Crippen molar-refractivity contribution in [1.82, 2.24) is 10.2 Å². The maximum Gasteiger partial charge on any atom is 0.242 e. The first kappa shape index (κ1) is 14.5. The molecule has 0 saturated carbocycles. The lowest BCUT2D eigenvalue weighted by atomic mass is 9.92. The minimum Gasteiger partial charge on any atom is -0.389 e. The van der Waals surface area contributed by atoms with Crippen molar-refractivity contribution >= 4 is 5.91 Å². The van der Waals surface area contributed by atoms with Gasteiger partial charge in [0, 0.05) is 13.1 Å². The Balaban J connectivity index is 2.77. The third-order valence-electron chi connectivity index (χ3n) is 3.50. The molecule has 1 amide bonds. The van der Waals surface area contributed by atoms with Crippen LogP contribution in [0.4, 0.5) is 0 Å². The molecule has 100 valence electrons. The van der Waals surface area contributed by atoms with Gasteiger partial charge in [-0.1, -0.05) is 6.92 Å².